The summed E-state index contributed by atoms with van der Waals surface area (Å²) in [5, 5.41) is 27.1. The first-order valence-electron chi connectivity index (χ1n) is 3.80. The molecule has 1 aromatic carbocycles. The zero-order valence-electron chi connectivity index (χ0n) is 7.28. The molecule has 0 radical (unpaired) electrons. The third-order valence-corrected chi connectivity index (χ3v) is 1.78. The largest absolute Gasteiger partial charge is 0.508 e. The second-order valence-corrected chi connectivity index (χ2v) is 2.92. The summed E-state index contributed by atoms with van der Waals surface area (Å²) in [4.78, 5) is 0. The highest BCUT2D eigenvalue weighted by Crippen LogP contribution is 2.41. The fraction of sp³-hybridized carbons (Fsp3) is 0.250. The van der Waals surface area contributed by atoms with E-state index in [9.17, 15) is 13.2 Å². The Bertz CT molecular complexity index is 355. The van der Waals surface area contributed by atoms with Crippen molar-refractivity contribution in [2.45, 2.75) is 12.2 Å². The molecule has 84 valence electrons. The molecule has 0 aliphatic heterocycles. The van der Waals surface area contributed by atoms with Gasteiger partial charge in [0.25, 0.3) is 0 Å². The lowest BCUT2D eigenvalue weighted by Crippen LogP contribution is -2.28. The summed E-state index contributed by atoms with van der Waals surface area (Å²) in [6.07, 6.45) is -4.79. The lowest BCUT2D eigenvalue weighted by Gasteiger charge is -2.18. The van der Waals surface area contributed by atoms with Gasteiger partial charge in [-0.3, -0.25) is 0 Å². The first-order chi connectivity index (χ1) is 6.73. The lowest BCUT2D eigenvalue weighted by atomic mass is 10.0. The molecule has 0 aliphatic rings. The summed E-state index contributed by atoms with van der Waals surface area (Å²) in [7, 11) is 0. The van der Waals surface area contributed by atoms with E-state index in [1.54, 1.807) is 0 Å². The highest BCUT2D eigenvalue weighted by molar-refractivity contribution is 5.50. The average molecular weight is 223 g/mol. The van der Waals surface area contributed by atoms with Crippen molar-refractivity contribution in [1.82, 2.24) is 0 Å². The average Bonchev–Trinajstić information content (AvgIpc) is 1.99. The monoisotopic (exact) mass is 223 g/mol. The molecule has 4 nitrogen and oxygen atoms in total. The van der Waals surface area contributed by atoms with Crippen LogP contribution in [0.15, 0.2) is 12.1 Å². The van der Waals surface area contributed by atoms with Crippen LogP contribution >= 0.6 is 0 Å². The Hall–Kier alpha value is -1.63. The van der Waals surface area contributed by atoms with E-state index in [-0.39, 0.29) is 0 Å². The van der Waals surface area contributed by atoms with Crippen LogP contribution in [0.4, 0.5) is 13.2 Å². The second kappa shape index (κ2) is 3.50. The fourth-order valence-electron chi connectivity index (χ4n) is 1.09. The van der Waals surface area contributed by atoms with Gasteiger partial charge in [0, 0.05) is 12.1 Å². The number of benzene rings is 1. The Labute approximate surface area is 82.4 Å². The minimum atomic E-state index is -4.79. The van der Waals surface area contributed by atoms with Crippen molar-refractivity contribution in [1.29, 1.82) is 0 Å². The molecule has 7 heteroatoms. The molecule has 0 unspecified atom stereocenters. The molecule has 0 saturated carbocycles. The topological polar surface area (TPSA) is 86.7 Å². The van der Waals surface area contributed by atoms with Crippen LogP contribution < -0.4 is 5.73 Å². The number of halogens is 3. The molecule has 0 amide bonds. The van der Waals surface area contributed by atoms with Crippen LogP contribution in [0.2, 0.25) is 0 Å². The molecule has 15 heavy (non-hydrogen) atoms. The molecule has 0 heterocycles. The van der Waals surface area contributed by atoms with E-state index in [1.165, 1.54) is 0 Å². The van der Waals surface area contributed by atoms with Gasteiger partial charge in [-0.1, -0.05) is 0 Å². The zero-order chi connectivity index (χ0) is 11.8. The van der Waals surface area contributed by atoms with Crippen LogP contribution in [0.1, 0.15) is 11.6 Å². The quantitative estimate of drug-likeness (QED) is 0.579. The molecule has 1 rings (SSSR count). The maximum atomic E-state index is 12.2. The molecule has 0 spiro atoms. The van der Waals surface area contributed by atoms with E-state index in [0.717, 1.165) is 0 Å². The number of phenolic OH excluding ortho intramolecular Hbond substituents is 3. The molecule has 0 saturated heterocycles. The maximum absolute atomic E-state index is 12.2. The summed E-state index contributed by atoms with van der Waals surface area (Å²) in [6.45, 7) is 0. The summed E-state index contributed by atoms with van der Waals surface area (Å²) >= 11 is 0. The van der Waals surface area contributed by atoms with Gasteiger partial charge in [0.05, 0.1) is 5.56 Å². The van der Waals surface area contributed by atoms with E-state index >= 15 is 0 Å². The van der Waals surface area contributed by atoms with Crippen molar-refractivity contribution in [2.24, 2.45) is 5.73 Å². The smallest absolute Gasteiger partial charge is 0.407 e. The number of nitrogens with two attached hydrogens (primary N) is 1. The molecule has 0 bridgehead atoms. The highest BCUT2D eigenvalue weighted by atomic mass is 19.4. The van der Waals surface area contributed by atoms with Crippen molar-refractivity contribution in [2.75, 3.05) is 0 Å². The maximum Gasteiger partial charge on any atom is 0.407 e. The summed E-state index contributed by atoms with van der Waals surface area (Å²) in [5.74, 6) is -2.36. The van der Waals surface area contributed by atoms with Gasteiger partial charge in [-0.25, -0.2) is 0 Å². The van der Waals surface area contributed by atoms with E-state index in [1.807, 2.05) is 0 Å². The number of hydrogen-bond acceptors (Lipinski definition) is 4. The fourth-order valence-corrected chi connectivity index (χ4v) is 1.09. The lowest BCUT2D eigenvalue weighted by molar-refractivity contribution is -0.149. The van der Waals surface area contributed by atoms with Crippen molar-refractivity contribution >= 4 is 0 Å². The van der Waals surface area contributed by atoms with Crippen LogP contribution in [0.25, 0.3) is 0 Å². The van der Waals surface area contributed by atoms with E-state index in [4.69, 9.17) is 21.1 Å². The Morgan fingerprint density at radius 2 is 1.47 bits per heavy atom. The predicted molar refractivity (Wildman–Crippen MR) is 44.4 cm³/mol. The third kappa shape index (κ3) is 2.24. The van der Waals surface area contributed by atoms with Gasteiger partial charge in [0.1, 0.15) is 23.3 Å². The normalized spacial score (nSPS) is 13.9. The van der Waals surface area contributed by atoms with Crippen LogP contribution in [0.3, 0.4) is 0 Å². The van der Waals surface area contributed by atoms with Crippen molar-refractivity contribution < 1.29 is 28.5 Å². The summed E-state index contributed by atoms with van der Waals surface area (Å²) in [5.41, 5.74) is 3.94. The van der Waals surface area contributed by atoms with E-state index in [0.29, 0.717) is 12.1 Å². The standard InChI is InChI=1S/C8H8F3NO3/c9-8(10,11)7(12)6-4(14)1-3(13)2-5(6)15/h1-2,7,13-15H,12H2/t7-/m0/s1. The molecule has 0 fully saturated rings. The molecule has 0 aromatic heterocycles. The third-order valence-electron chi connectivity index (χ3n) is 1.78. The first kappa shape index (κ1) is 11.4. The van der Waals surface area contributed by atoms with Gasteiger partial charge in [0.2, 0.25) is 0 Å². The van der Waals surface area contributed by atoms with E-state index in [2.05, 4.69) is 0 Å². The number of rotatable bonds is 1. The van der Waals surface area contributed by atoms with Crippen LogP contribution in [0, 0.1) is 0 Å². The molecule has 5 N–H and O–H groups in total. The number of aromatic hydroxyl groups is 3. The molecule has 1 aromatic rings. The highest BCUT2D eigenvalue weighted by Gasteiger charge is 2.41. The SMILES string of the molecule is N[C@@H](c1c(O)cc(O)cc1O)C(F)(F)F. The first-order valence-corrected chi connectivity index (χ1v) is 3.80. The number of hydrogen-bond donors (Lipinski definition) is 4. The van der Waals surface area contributed by atoms with Crippen LogP contribution in [0.5, 0.6) is 17.2 Å². The van der Waals surface area contributed by atoms with Crippen molar-refractivity contribution in [3.8, 4) is 17.2 Å². The molecular formula is C8H8F3NO3. The Morgan fingerprint density at radius 1 is 1.07 bits per heavy atom. The Morgan fingerprint density at radius 3 is 1.80 bits per heavy atom. The minimum Gasteiger partial charge on any atom is -0.508 e. The number of alkyl halides is 3. The van der Waals surface area contributed by atoms with Gasteiger partial charge in [-0.2, -0.15) is 13.2 Å². The van der Waals surface area contributed by atoms with E-state index < -0.39 is 35.0 Å². The van der Waals surface area contributed by atoms with Crippen LogP contribution in [-0.4, -0.2) is 21.5 Å². The summed E-state index contributed by atoms with van der Waals surface area (Å²) in [6, 6.07) is -1.17. The van der Waals surface area contributed by atoms with Gasteiger partial charge < -0.3 is 21.1 Å². The Kier molecular flexibility index (Phi) is 2.67. The second-order valence-electron chi connectivity index (χ2n) is 2.92. The zero-order valence-corrected chi connectivity index (χ0v) is 7.28. The van der Waals surface area contributed by atoms with Gasteiger partial charge in [-0.15, -0.1) is 0 Å². The van der Waals surface area contributed by atoms with Gasteiger partial charge >= 0.3 is 6.18 Å². The predicted octanol–water partition coefficient (Wildman–Crippen LogP) is 1.37. The molecule has 0 aliphatic carbocycles. The summed E-state index contributed by atoms with van der Waals surface area (Å²) < 4.78 is 36.6. The number of phenols is 3. The van der Waals surface area contributed by atoms with Gasteiger partial charge in [0.15, 0.2) is 0 Å². The molecular weight excluding hydrogens is 215 g/mol. The minimum absolute atomic E-state index is 0.553. The van der Waals surface area contributed by atoms with Crippen molar-refractivity contribution in [3.63, 3.8) is 0 Å². The molecule has 1 atom stereocenters. The van der Waals surface area contributed by atoms with Gasteiger partial charge in [-0.05, 0) is 0 Å². The van der Waals surface area contributed by atoms with Crippen LogP contribution in [-0.2, 0) is 0 Å². The van der Waals surface area contributed by atoms with Crippen molar-refractivity contribution in [3.05, 3.63) is 17.7 Å². The Balaban J connectivity index is 3.26.